The minimum Gasteiger partial charge on any atom is -0.325 e. The van der Waals surface area contributed by atoms with E-state index in [1.165, 1.54) is 23.8 Å². The molecule has 0 aliphatic heterocycles. The van der Waals surface area contributed by atoms with Gasteiger partial charge in [0.1, 0.15) is 6.54 Å². The van der Waals surface area contributed by atoms with Crippen LogP contribution < -0.4 is 9.62 Å². The predicted molar refractivity (Wildman–Crippen MR) is 112 cm³/mol. The third kappa shape index (κ3) is 6.41. The van der Waals surface area contributed by atoms with Crippen molar-refractivity contribution in [3.05, 3.63) is 58.1 Å². The van der Waals surface area contributed by atoms with Crippen LogP contribution in [0.3, 0.4) is 0 Å². The molecule has 5 nitrogen and oxygen atoms in total. The average Bonchev–Trinajstić information content (AvgIpc) is 2.60. The fourth-order valence-electron chi connectivity index (χ4n) is 2.51. The number of rotatable bonds is 8. The number of halogens is 2. The Morgan fingerprint density at radius 1 is 1.07 bits per heavy atom. The highest BCUT2D eigenvalue weighted by Gasteiger charge is 2.21. The van der Waals surface area contributed by atoms with Gasteiger partial charge in [-0.3, -0.25) is 9.10 Å². The van der Waals surface area contributed by atoms with Crippen LogP contribution in [0.2, 0.25) is 10.0 Å². The zero-order valence-electron chi connectivity index (χ0n) is 15.2. The van der Waals surface area contributed by atoms with Crippen LogP contribution >= 0.6 is 23.2 Å². The molecule has 0 heterocycles. The number of sulfonamides is 1. The maximum Gasteiger partial charge on any atom is 0.245 e. The van der Waals surface area contributed by atoms with Crippen molar-refractivity contribution in [2.45, 2.75) is 26.2 Å². The fourth-order valence-corrected chi connectivity index (χ4v) is 3.65. The van der Waals surface area contributed by atoms with Gasteiger partial charge in [-0.15, -0.1) is 0 Å². The zero-order chi connectivity index (χ0) is 20.0. The molecule has 0 fully saturated rings. The number of carbonyl (C=O) groups excluding carboxylic acids is 1. The lowest BCUT2D eigenvalue weighted by atomic mass is 10.1. The molecule has 27 heavy (non-hydrogen) atoms. The maximum absolute atomic E-state index is 12.4. The molecule has 1 N–H and O–H groups in total. The Labute approximate surface area is 170 Å². The van der Waals surface area contributed by atoms with Crippen molar-refractivity contribution in [1.29, 1.82) is 0 Å². The maximum atomic E-state index is 12.4. The van der Waals surface area contributed by atoms with E-state index in [1.54, 1.807) is 0 Å². The molecule has 0 spiro atoms. The largest absolute Gasteiger partial charge is 0.325 e. The molecule has 0 saturated heterocycles. The highest BCUT2D eigenvalue weighted by atomic mass is 35.5. The summed E-state index contributed by atoms with van der Waals surface area (Å²) in [4.78, 5) is 12.4. The van der Waals surface area contributed by atoms with Gasteiger partial charge in [-0.05, 0) is 48.7 Å². The van der Waals surface area contributed by atoms with Crippen molar-refractivity contribution in [3.8, 4) is 0 Å². The van der Waals surface area contributed by atoms with Gasteiger partial charge in [-0.25, -0.2) is 8.42 Å². The summed E-state index contributed by atoms with van der Waals surface area (Å²) in [7, 11) is -3.68. The second-order valence-corrected chi connectivity index (χ2v) is 8.94. The molecule has 8 heteroatoms. The summed E-state index contributed by atoms with van der Waals surface area (Å²) in [5.41, 5.74) is 2.09. The number of hydrogen-bond acceptors (Lipinski definition) is 3. The van der Waals surface area contributed by atoms with Crippen LogP contribution in [0.25, 0.3) is 0 Å². The van der Waals surface area contributed by atoms with Gasteiger partial charge in [-0.1, -0.05) is 48.7 Å². The van der Waals surface area contributed by atoms with Crippen molar-refractivity contribution in [3.63, 3.8) is 0 Å². The lowest BCUT2D eigenvalue weighted by Crippen LogP contribution is -2.37. The van der Waals surface area contributed by atoms with E-state index in [9.17, 15) is 13.2 Å². The van der Waals surface area contributed by atoms with Crippen molar-refractivity contribution < 1.29 is 13.2 Å². The summed E-state index contributed by atoms with van der Waals surface area (Å²) >= 11 is 11.8. The number of aryl methyl sites for hydroxylation is 1. The van der Waals surface area contributed by atoms with E-state index in [-0.39, 0.29) is 17.3 Å². The molecule has 0 aliphatic carbocycles. The average molecular weight is 429 g/mol. The number of nitrogens with one attached hydrogen (secondary N) is 1. The first-order valence-electron chi connectivity index (χ1n) is 8.52. The Hall–Kier alpha value is -1.76. The number of carbonyl (C=O) groups is 1. The van der Waals surface area contributed by atoms with Crippen molar-refractivity contribution in [2.24, 2.45) is 0 Å². The molecular formula is C19H22Cl2N2O3S. The van der Waals surface area contributed by atoms with E-state index >= 15 is 0 Å². The molecule has 146 valence electrons. The third-order valence-corrected chi connectivity index (χ3v) is 5.82. The fraction of sp³-hybridized carbons (Fsp3) is 0.316. The summed E-state index contributed by atoms with van der Waals surface area (Å²) in [6.07, 6.45) is 4.25. The van der Waals surface area contributed by atoms with Crippen LogP contribution in [0.15, 0.2) is 42.5 Å². The molecule has 0 saturated carbocycles. The van der Waals surface area contributed by atoms with E-state index < -0.39 is 15.9 Å². The molecule has 0 unspecified atom stereocenters. The Morgan fingerprint density at radius 3 is 2.30 bits per heavy atom. The standard InChI is InChI=1S/C19H22Cl2N2O3S/c1-3-4-5-14-6-8-15(9-7-14)22-19(24)13-23(27(2,25)26)16-10-11-17(20)18(21)12-16/h6-12H,3-5,13H2,1-2H3,(H,22,24). The van der Waals surface area contributed by atoms with Crippen molar-refractivity contribution >= 4 is 50.5 Å². The quantitative estimate of drug-likeness (QED) is 0.659. The molecule has 2 aromatic carbocycles. The molecule has 0 atom stereocenters. The monoisotopic (exact) mass is 428 g/mol. The summed E-state index contributed by atoms with van der Waals surface area (Å²) < 4.78 is 25.2. The first-order chi connectivity index (χ1) is 12.7. The minimum absolute atomic E-state index is 0.214. The van der Waals surface area contributed by atoms with E-state index in [0.717, 1.165) is 29.8 Å². The van der Waals surface area contributed by atoms with Crippen LogP contribution in [0, 0.1) is 0 Å². The summed E-state index contributed by atoms with van der Waals surface area (Å²) in [5.74, 6) is -0.451. The topological polar surface area (TPSA) is 66.5 Å². The zero-order valence-corrected chi connectivity index (χ0v) is 17.5. The molecular weight excluding hydrogens is 407 g/mol. The molecule has 0 aliphatic rings. The SMILES string of the molecule is CCCCc1ccc(NC(=O)CN(c2ccc(Cl)c(Cl)c2)S(C)(=O)=O)cc1. The first kappa shape index (κ1) is 21.5. The van der Waals surface area contributed by atoms with Crippen LogP contribution in [-0.4, -0.2) is 27.1 Å². The van der Waals surface area contributed by atoms with Crippen LogP contribution in [0.1, 0.15) is 25.3 Å². The number of amides is 1. The van der Waals surface area contributed by atoms with Crippen molar-refractivity contribution in [1.82, 2.24) is 0 Å². The second kappa shape index (κ2) is 9.44. The molecule has 0 aromatic heterocycles. The van der Waals surface area contributed by atoms with Gasteiger partial charge >= 0.3 is 0 Å². The highest BCUT2D eigenvalue weighted by molar-refractivity contribution is 7.92. The lowest BCUT2D eigenvalue weighted by molar-refractivity contribution is -0.114. The highest BCUT2D eigenvalue weighted by Crippen LogP contribution is 2.28. The van der Waals surface area contributed by atoms with E-state index in [2.05, 4.69) is 12.2 Å². The van der Waals surface area contributed by atoms with Gasteiger partial charge in [0.2, 0.25) is 15.9 Å². The lowest BCUT2D eigenvalue weighted by Gasteiger charge is -2.22. The Bertz CT molecular complexity index is 900. The Morgan fingerprint density at radius 2 is 1.74 bits per heavy atom. The Balaban J connectivity index is 2.11. The minimum atomic E-state index is -3.68. The van der Waals surface area contributed by atoms with E-state index in [0.29, 0.717) is 10.7 Å². The predicted octanol–water partition coefficient (Wildman–Crippen LogP) is 4.74. The number of anilines is 2. The summed E-state index contributed by atoms with van der Waals surface area (Å²) in [6.45, 7) is 1.77. The van der Waals surface area contributed by atoms with Crippen LogP contribution in [0.5, 0.6) is 0 Å². The van der Waals surface area contributed by atoms with Gasteiger partial charge in [0.25, 0.3) is 0 Å². The number of nitrogens with zero attached hydrogens (tertiary/aromatic N) is 1. The normalized spacial score (nSPS) is 11.3. The Kier molecular flexibility index (Phi) is 7.53. The molecule has 2 rings (SSSR count). The number of hydrogen-bond donors (Lipinski definition) is 1. The smallest absolute Gasteiger partial charge is 0.245 e. The summed E-state index contributed by atoms with van der Waals surface area (Å²) in [5, 5.41) is 3.24. The van der Waals surface area contributed by atoms with Crippen LogP contribution in [0.4, 0.5) is 11.4 Å². The second-order valence-electron chi connectivity index (χ2n) is 6.22. The summed E-state index contributed by atoms with van der Waals surface area (Å²) in [6, 6.07) is 12.0. The van der Waals surface area contributed by atoms with Gasteiger partial charge in [-0.2, -0.15) is 0 Å². The molecule has 2 aromatic rings. The molecule has 0 bridgehead atoms. The third-order valence-electron chi connectivity index (χ3n) is 3.94. The van der Waals surface area contributed by atoms with Crippen molar-refractivity contribution in [2.75, 3.05) is 22.4 Å². The van der Waals surface area contributed by atoms with E-state index in [1.807, 2.05) is 24.3 Å². The van der Waals surface area contributed by atoms with Gasteiger partial charge < -0.3 is 5.32 Å². The number of benzene rings is 2. The van der Waals surface area contributed by atoms with Gasteiger partial charge in [0.05, 0.1) is 22.0 Å². The van der Waals surface area contributed by atoms with E-state index in [4.69, 9.17) is 23.2 Å². The van der Waals surface area contributed by atoms with Gasteiger partial charge in [0.15, 0.2) is 0 Å². The molecule has 1 amide bonds. The first-order valence-corrected chi connectivity index (χ1v) is 11.1. The van der Waals surface area contributed by atoms with Gasteiger partial charge in [0, 0.05) is 5.69 Å². The molecule has 0 radical (unpaired) electrons. The van der Waals surface area contributed by atoms with Crippen LogP contribution in [-0.2, 0) is 21.2 Å². The number of unbranched alkanes of at least 4 members (excludes halogenated alkanes) is 1.